The third-order valence-corrected chi connectivity index (χ3v) is 2.93. The maximum atomic E-state index is 11.2. The molecular weight excluding hydrogens is 150 g/mol. The number of allylic oxidation sites excluding steroid dienone is 1. The van der Waals surface area contributed by atoms with Gasteiger partial charge in [-0.2, -0.15) is 0 Å². The van der Waals surface area contributed by atoms with Gasteiger partial charge in [0.1, 0.15) is 0 Å². The fourth-order valence-electron chi connectivity index (χ4n) is 2.24. The number of hydrogen-bond acceptors (Lipinski definition) is 1. The van der Waals surface area contributed by atoms with Gasteiger partial charge in [-0.1, -0.05) is 12.2 Å². The summed E-state index contributed by atoms with van der Waals surface area (Å²) in [5, 5.41) is 3.14. The van der Waals surface area contributed by atoms with Gasteiger partial charge in [-0.3, -0.25) is 4.79 Å². The van der Waals surface area contributed by atoms with Crippen molar-refractivity contribution in [1.29, 1.82) is 0 Å². The van der Waals surface area contributed by atoms with Crippen molar-refractivity contribution in [2.75, 3.05) is 0 Å². The Bertz CT molecular complexity index is 222. The molecule has 1 fully saturated rings. The predicted molar refractivity (Wildman–Crippen MR) is 47.7 cm³/mol. The number of piperidine rings is 1. The predicted octanol–water partition coefficient (Wildman–Crippen LogP) is 1.77. The van der Waals surface area contributed by atoms with Crippen molar-refractivity contribution in [1.82, 2.24) is 5.32 Å². The summed E-state index contributed by atoms with van der Waals surface area (Å²) < 4.78 is 0. The average molecular weight is 165 g/mol. The van der Waals surface area contributed by atoms with Gasteiger partial charge in [-0.05, 0) is 32.1 Å². The first-order chi connectivity index (χ1) is 5.81. The van der Waals surface area contributed by atoms with Crippen molar-refractivity contribution < 1.29 is 4.79 Å². The van der Waals surface area contributed by atoms with E-state index in [1.165, 1.54) is 6.42 Å². The Balaban J connectivity index is 2.08. The van der Waals surface area contributed by atoms with Gasteiger partial charge in [0, 0.05) is 12.0 Å². The number of carbonyl (C=O) groups is 1. The first-order valence-corrected chi connectivity index (χ1v) is 4.77. The Hall–Kier alpha value is -0.790. The Morgan fingerprint density at radius 2 is 2.25 bits per heavy atom. The van der Waals surface area contributed by atoms with E-state index in [0.717, 1.165) is 32.1 Å². The molecule has 1 spiro atoms. The summed E-state index contributed by atoms with van der Waals surface area (Å²) in [4.78, 5) is 11.2. The normalized spacial score (nSPS) is 35.2. The Morgan fingerprint density at radius 1 is 1.33 bits per heavy atom. The third-order valence-electron chi connectivity index (χ3n) is 2.93. The van der Waals surface area contributed by atoms with E-state index in [9.17, 15) is 4.79 Å². The second-order valence-corrected chi connectivity index (χ2v) is 3.90. The van der Waals surface area contributed by atoms with Crippen LogP contribution in [0.5, 0.6) is 0 Å². The highest BCUT2D eigenvalue weighted by Gasteiger charge is 2.34. The van der Waals surface area contributed by atoms with Gasteiger partial charge in [-0.15, -0.1) is 0 Å². The molecule has 2 rings (SSSR count). The molecule has 1 unspecified atom stereocenters. The molecule has 2 aliphatic rings. The summed E-state index contributed by atoms with van der Waals surface area (Å²) in [7, 11) is 0. The van der Waals surface area contributed by atoms with E-state index in [2.05, 4.69) is 17.5 Å². The number of amides is 1. The molecule has 1 aliphatic carbocycles. The second kappa shape index (κ2) is 2.92. The number of nitrogens with one attached hydrogen (secondary N) is 1. The largest absolute Gasteiger partial charge is 0.350 e. The molecule has 0 radical (unpaired) electrons. The first kappa shape index (κ1) is 7.84. The molecule has 1 aliphatic heterocycles. The highest BCUT2D eigenvalue weighted by molar-refractivity contribution is 5.77. The minimum absolute atomic E-state index is 0.143. The van der Waals surface area contributed by atoms with E-state index in [4.69, 9.17) is 0 Å². The molecule has 2 nitrogen and oxygen atoms in total. The van der Waals surface area contributed by atoms with Gasteiger partial charge in [0.2, 0.25) is 5.91 Å². The van der Waals surface area contributed by atoms with Crippen molar-refractivity contribution >= 4 is 5.91 Å². The first-order valence-electron chi connectivity index (χ1n) is 4.77. The zero-order valence-electron chi connectivity index (χ0n) is 7.31. The quantitative estimate of drug-likeness (QED) is 0.544. The zero-order chi connectivity index (χ0) is 8.44. The fourth-order valence-corrected chi connectivity index (χ4v) is 2.24. The lowest BCUT2D eigenvalue weighted by Crippen LogP contribution is -2.51. The minimum Gasteiger partial charge on any atom is -0.350 e. The van der Waals surface area contributed by atoms with Crippen LogP contribution in [-0.2, 0) is 4.79 Å². The molecule has 0 aromatic rings. The second-order valence-electron chi connectivity index (χ2n) is 3.90. The van der Waals surface area contributed by atoms with E-state index >= 15 is 0 Å². The van der Waals surface area contributed by atoms with Crippen LogP contribution in [0.25, 0.3) is 0 Å². The molecule has 1 amide bonds. The molecule has 12 heavy (non-hydrogen) atoms. The molecule has 1 saturated heterocycles. The van der Waals surface area contributed by atoms with Crippen molar-refractivity contribution in [3.8, 4) is 0 Å². The summed E-state index contributed by atoms with van der Waals surface area (Å²) in [6.07, 6.45) is 10.7. The highest BCUT2D eigenvalue weighted by atomic mass is 16.1. The van der Waals surface area contributed by atoms with Gasteiger partial charge in [0.05, 0.1) is 0 Å². The highest BCUT2D eigenvalue weighted by Crippen LogP contribution is 2.31. The Labute approximate surface area is 73.0 Å². The van der Waals surface area contributed by atoms with Crippen LogP contribution in [0.1, 0.15) is 38.5 Å². The van der Waals surface area contributed by atoms with Crippen LogP contribution in [0, 0.1) is 0 Å². The molecule has 0 bridgehead atoms. The van der Waals surface area contributed by atoms with E-state index in [0.29, 0.717) is 0 Å². The molecule has 2 heteroatoms. The number of hydrogen-bond donors (Lipinski definition) is 1. The van der Waals surface area contributed by atoms with Crippen LogP contribution >= 0.6 is 0 Å². The smallest absolute Gasteiger partial charge is 0.220 e. The lowest BCUT2D eigenvalue weighted by molar-refractivity contribution is -0.125. The van der Waals surface area contributed by atoms with Gasteiger partial charge >= 0.3 is 0 Å². The van der Waals surface area contributed by atoms with E-state index in [1.807, 2.05) is 0 Å². The molecule has 0 saturated carbocycles. The van der Waals surface area contributed by atoms with E-state index in [-0.39, 0.29) is 11.4 Å². The summed E-state index contributed by atoms with van der Waals surface area (Å²) in [5.74, 6) is 0.247. The van der Waals surface area contributed by atoms with Gasteiger partial charge in [0.15, 0.2) is 0 Å². The van der Waals surface area contributed by atoms with Gasteiger partial charge < -0.3 is 5.32 Å². The van der Waals surface area contributed by atoms with Crippen LogP contribution < -0.4 is 5.32 Å². The van der Waals surface area contributed by atoms with E-state index in [1.54, 1.807) is 0 Å². The van der Waals surface area contributed by atoms with Crippen LogP contribution in [0.15, 0.2) is 12.2 Å². The van der Waals surface area contributed by atoms with Crippen molar-refractivity contribution in [3.05, 3.63) is 12.2 Å². The summed E-state index contributed by atoms with van der Waals surface area (Å²) in [6.45, 7) is 0. The van der Waals surface area contributed by atoms with Crippen LogP contribution in [0.3, 0.4) is 0 Å². The SMILES string of the molecule is O=C1CCCC2(CC=CCC2)N1. The fraction of sp³-hybridized carbons (Fsp3) is 0.700. The summed E-state index contributed by atoms with van der Waals surface area (Å²) >= 11 is 0. The maximum Gasteiger partial charge on any atom is 0.220 e. The molecular formula is C10H15NO. The minimum atomic E-state index is 0.143. The lowest BCUT2D eigenvalue weighted by atomic mass is 9.79. The van der Waals surface area contributed by atoms with E-state index < -0.39 is 0 Å². The van der Waals surface area contributed by atoms with Crippen LogP contribution in [0.4, 0.5) is 0 Å². The van der Waals surface area contributed by atoms with Crippen molar-refractivity contribution in [3.63, 3.8) is 0 Å². The molecule has 1 heterocycles. The average Bonchev–Trinajstić information content (AvgIpc) is 2.05. The van der Waals surface area contributed by atoms with Gasteiger partial charge in [-0.25, -0.2) is 0 Å². The van der Waals surface area contributed by atoms with Crippen molar-refractivity contribution in [2.24, 2.45) is 0 Å². The molecule has 0 aromatic heterocycles. The molecule has 1 N–H and O–H groups in total. The standard InChI is InChI=1S/C10H15NO/c12-9-5-4-8-10(11-9)6-2-1-3-7-10/h1-2H,3-8H2,(H,11,12). The topological polar surface area (TPSA) is 29.1 Å². The monoisotopic (exact) mass is 165 g/mol. The summed E-state index contributed by atoms with van der Waals surface area (Å²) in [6, 6.07) is 0. The van der Waals surface area contributed by atoms with Crippen LogP contribution in [0.2, 0.25) is 0 Å². The maximum absolute atomic E-state index is 11.2. The third kappa shape index (κ3) is 1.38. The number of carbonyl (C=O) groups excluding carboxylic acids is 1. The van der Waals surface area contributed by atoms with Crippen LogP contribution in [-0.4, -0.2) is 11.4 Å². The Kier molecular flexibility index (Phi) is 1.91. The summed E-state index contributed by atoms with van der Waals surface area (Å²) in [5.41, 5.74) is 0.143. The Morgan fingerprint density at radius 3 is 2.92 bits per heavy atom. The van der Waals surface area contributed by atoms with Gasteiger partial charge in [0.25, 0.3) is 0 Å². The molecule has 1 atom stereocenters. The zero-order valence-corrected chi connectivity index (χ0v) is 7.31. The molecule has 0 aromatic carbocycles. The van der Waals surface area contributed by atoms with Crippen molar-refractivity contribution in [2.45, 2.75) is 44.1 Å². The number of rotatable bonds is 0. The lowest BCUT2D eigenvalue weighted by Gasteiger charge is -2.39. The molecule has 66 valence electrons.